The lowest BCUT2D eigenvalue weighted by atomic mass is 10.2. The summed E-state index contributed by atoms with van der Waals surface area (Å²) in [5, 5.41) is 0. The molecule has 0 unspecified atom stereocenters. The van der Waals surface area contributed by atoms with Gasteiger partial charge in [0.15, 0.2) is 0 Å². The summed E-state index contributed by atoms with van der Waals surface area (Å²) < 4.78 is 10.7. The zero-order chi connectivity index (χ0) is 13.5. The normalized spacial score (nSPS) is 9.68. The van der Waals surface area contributed by atoms with Gasteiger partial charge in [-0.1, -0.05) is 0 Å². The predicted molar refractivity (Wildman–Crippen MR) is 69.8 cm³/mol. The van der Waals surface area contributed by atoms with Gasteiger partial charge in [0.05, 0.1) is 0 Å². The summed E-state index contributed by atoms with van der Waals surface area (Å²) in [4.78, 5) is 21.0. The molecule has 0 saturated heterocycles. The fourth-order valence-electron chi connectivity index (χ4n) is 1.45. The summed E-state index contributed by atoms with van der Waals surface area (Å²) in [7, 11) is 0. The minimum absolute atomic E-state index is 0.0564. The minimum Gasteiger partial charge on any atom is -0.458 e. The van der Waals surface area contributed by atoms with E-state index in [1.807, 2.05) is 0 Å². The molecule has 0 N–H and O–H groups in total. The van der Waals surface area contributed by atoms with Crippen LogP contribution in [0.1, 0.15) is 20.7 Å². The number of hydrogen-bond acceptors (Lipinski definition) is 4. The Hall–Kier alpha value is -2.62. The van der Waals surface area contributed by atoms with Crippen LogP contribution < -0.4 is 9.47 Å². The zero-order valence-corrected chi connectivity index (χ0v) is 10.1. The topological polar surface area (TPSA) is 52.6 Å². The maximum atomic E-state index is 10.5. The maximum absolute atomic E-state index is 10.5. The molecule has 0 radical (unpaired) electrons. The van der Waals surface area contributed by atoms with Gasteiger partial charge in [0.1, 0.15) is 24.1 Å². The highest BCUT2D eigenvalue weighted by atomic mass is 16.7. The SMILES string of the molecule is O=Cc1ccc(OCOc2ccc(C=O)cc2)cc1. The van der Waals surface area contributed by atoms with Crippen LogP contribution in [0.15, 0.2) is 48.5 Å². The molecular formula is C15H12O4. The van der Waals surface area contributed by atoms with Gasteiger partial charge in [-0.3, -0.25) is 9.59 Å². The lowest BCUT2D eigenvalue weighted by Crippen LogP contribution is -2.05. The Bertz CT molecular complexity index is 492. The third-order valence-electron chi connectivity index (χ3n) is 2.48. The van der Waals surface area contributed by atoms with E-state index in [1.54, 1.807) is 48.5 Å². The zero-order valence-electron chi connectivity index (χ0n) is 10.1. The molecule has 0 fully saturated rings. The average Bonchev–Trinajstić information content (AvgIpc) is 2.49. The molecule has 19 heavy (non-hydrogen) atoms. The number of carbonyl (C=O) groups is 2. The molecular weight excluding hydrogens is 244 g/mol. The predicted octanol–water partition coefficient (Wildman–Crippen LogP) is 2.73. The van der Waals surface area contributed by atoms with Gasteiger partial charge in [-0.2, -0.15) is 0 Å². The van der Waals surface area contributed by atoms with Gasteiger partial charge in [-0.15, -0.1) is 0 Å². The van der Waals surface area contributed by atoms with Crippen LogP contribution >= 0.6 is 0 Å². The quantitative estimate of drug-likeness (QED) is 0.589. The molecule has 0 spiro atoms. The van der Waals surface area contributed by atoms with Crippen LogP contribution in [0.2, 0.25) is 0 Å². The molecule has 2 aromatic carbocycles. The molecule has 0 atom stereocenters. The molecule has 0 heterocycles. The van der Waals surface area contributed by atoms with Crippen molar-refractivity contribution in [3.8, 4) is 11.5 Å². The second-order valence-electron chi connectivity index (χ2n) is 3.78. The number of aldehydes is 2. The summed E-state index contributed by atoms with van der Waals surface area (Å²) in [6, 6.07) is 13.5. The molecule has 0 aliphatic heterocycles. The van der Waals surface area contributed by atoms with Crippen LogP contribution in [0.4, 0.5) is 0 Å². The van der Waals surface area contributed by atoms with E-state index in [4.69, 9.17) is 9.47 Å². The molecule has 4 nitrogen and oxygen atoms in total. The number of benzene rings is 2. The average molecular weight is 256 g/mol. The molecule has 0 aliphatic carbocycles. The van der Waals surface area contributed by atoms with Crippen LogP contribution in [-0.2, 0) is 0 Å². The third kappa shape index (κ3) is 3.67. The number of rotatable bonds is 6. The molecule has 0 amide bonds. The van der Waals surface area contributed by atoms with E-state index in [0.29, 0.717) is 22.6 Å². The van der Waals surface area contributed by atoms with Gasteiger partial charge >= 0.3 is 0 Å². The second-order valence-corrected chi connectivity index (χ2v) is 3.78. The van der Waals surface area contributed by atoms with E-state index in [-0.39, 0.29) is 6.79 Å². The Morgan fingerprint density at radius 2 is 1.05 bits per heavy atom. The van der Waals surface area contributed by atoms with Gasteiger partial charge in [0, 0.05) is 11.1 Å². The first-order valence-electron chi connectivity index (χ1n) is 5.68. The van der Waals surface area contributed by atoms with E-state index in [1.165, 1.54) is 0 Å². The Kier molecular flexibility index (Phi) is 4.29. The van der Waals surface area contributed by atoms with E-state index < -0.39 is 0 Å². The fraction of sp³-hybridized carbons (Fsp3) is 0.0667. The van der Waals surface area contributed by atoms with Crippen molar-refractivity contribution in [1.82, 2.24) is 0 Å². The molecule has 0 aliphatic rings. The highest BCUT2D eigenvalue weighted by Gasteiger charge is 1.97. The number of hydrogen-bond donors (Lipinski definition) is 0. The van der Waals surface area contributed by atoms with Gasteiger partial charge in [0.25, 0.3) is 0 Å². The van der Waals surface area contributed by atoms with Gasteiger partial charge in [-0.05, 0) is 48.5 Å². The van der Waals surface area contributed by atoms with Crippen LogP contribution in [0.25, 0.3) is 0 Å². The summed E-state index contributed by atoms with van der Waals surface area (Å²) in [6.45, 7) is 0.0564. The van der Waals surface area contributed by atoms with Gasteiger partial charge in [0.2, 0.25) is 6.79 Å². The first-order valence-corrected chi connectivity index (χ1v) is 5.68. The van der Waals surface area contributed by atoms with Crippen molar-refractivity contribution in [2.45, 2.75) is 0 Å². The number of ether oxygens (including phenoxy) is 2. The van der Waals surface area contributed by atoms with Crippen molar-refractivity contribution in [1.29, 1.82) is 0 Å². The monoisotopic (exact) mass is 256 g/mol. The van der Waals surface area contributed by atoms with Crippen LogP contribution in [-0.4, -0.2) is 19.4 Å². The Morgan fingerprint density at radius 3 is 1.37 bits per heavy atom. The standard InChI is InChI=1S/C15H12O4/c16-9-12-1-5-14(6-2-12)18-11-19-15-7-3-13(10-17)4-8-15/h1-10H,11H2. The molecule has 0 saturated carbocycles. The van der Waals surface area contributed by atoms with Gasteiger partial charge in [-0.25, -0.2) is 0 Å². The van der Waals surface area contributed by atoms with E-state index in [2.05, 4.69) is 0 Å². The van der Waals surface area contributed by atoms with Crippen molar-refractivity contribution in [2.75, 3.05) is 6.79 Å². The van der Waals surface area contributed by atoms with Crippen LogP contribution in [0.5, 0.6) is 11.5 Å². The molecule has 0 bridgehead atoms. The summed E-state index contributed by atoms with van der Waals surface area (Å²) in [6.07, 6.45) is 1.55. The van der Waals surface area contributed by atoms with E-state index in [0.717, 1.165) is 12.6 Å². The van der Waals surface area contributed by atoms with Crippen molar-refractivity contribution in [3.63, 3.8) is 0 Å². The van der Waals surface area contributed by atoms with Gasteiger partial charge < -0.3 is 9.47 Å². The first kappa shape index (κ1) is 12.8. The lowest BCUT2D eigenvalue weighted by molar-refractivity contribution is 0.111. The molecule has 0 aromatic heterocycles. The first-order chi connectivity index (χ1) is 9.31. The third-order valence-corrected chi connectivity index (χ3v) is 2.48. The van der Waals surface area contributed by atoms with Crippen LogP contribution in [0.3, 0.4) is 0 Å². The van der Waals surface area contributed by atoms with Crippen molar-refractivity contribution < 1.29 is 19.1 Å². The van der Waals surface area contributed by atoms with Crippen molar-refractivity contribution >= 4 is 12.6 Å². The molecule has 4 heteroatoms. The van der Waals surface area contributed by atoms with E-state index >= 15 is 0 Å². The van der Waals surface area contributed by atoms with E-state index in [9.17, 15) is 9.59 Å². The molecule has 96 valence electrons. The van der Waals surface area contributed by atoms with Crippen molar-refractivity contribution in [3.05, 3.63) is 59.7 Å². The fourth-order valence-corrected chi connectivity index (χ4v) is 1.45. The largest absolute Gasteiger partial charge is 0.458 e. The molecule has 2 rings (SSSR count). The van der Waals surface area contributed by atoms with Crippen molar-refractivity contribution in [2.24, 2.45) is 0 Å². The minimum atomic E-state index is 0.0564. The number of carbonyl (C=O) groups excluding carboxylic acids is 2. The molecule has 2 aromatic rings. The Labute approximate surface area is 110 Å². The maximum Gasteiger partial charge on any atom is 0.230 e. The summed E-state index contributed by atoms with van der Waals surface area (Å²) in [5.41, 5.74) is 1.19. The Morgan fingerprint density at radius 1 is 0.684 bits per heavy atom. The highest BCUT2D eigenvalue weighted by molar-refractivity contribution is 5.75. The summed E-state index contributed by atoms with van der Waals surface area (Å²) in [5.74, 6) is 1.24. The lowest BCUT2D eigenvalue weighted by Gasteiger charge is -2.08. The Balaban J connectivity index is 1.84. The highest BCUT2D eigenvalue weighted by Crippen LogP contribution is 2.14. The second kappa shape index (κ2) is 6.35. The van der Waals surface area contributed by atoms with Crippen LogP contribution in [0, 0.1) is 0 Å². The summed E-state index contributed by atoms with van der Waals surface area (Å²) >= 11 is 0. The smallest absolute Gasteiger partial charge is 0.230 e.